The second-order valence-electron chi connectivity index (χ2n) is 11.4. The number of anilines is 1. The second-order valence-corrected chi connectivity index (χ2v) is 14.8. The van der Waals surface area contributed by atoms with E-state index < -0.39 is 32.9 Å². The number of nitrogens with two attached hydrogens (primary N) is 1. The van der Waals surface area contributed by atoms with Crippen LogP contribution < -0.4 is 10.5 Å². The fraction of sp³-hybridized carbons (Fsp3) is 0.379. The highest BCUT2D eigenvalue weighted by atomic mass is 35.5. The summed E-state index contributed by atoms with van der Waals surface area (Å²) in [6, 6.07) is 10.6. The van der Waals surface area contributed by atoms with E-state index in [-0.39, 0.29) is 21.8 Å². The second kappa shape index (κ2) is 10.3. The Kier molecular flexibility index (Phi) is 7.11. The van der Waals surface area contributed by atoms with Crippen LogP contribution in [-0.4, -0.2) is 42.6 Å². The van der Waals surface area contributed by atoms with E-state index in [0.717, 1.165) is 26.9 Å². The fourth-order valence-electron chi connectivity index (χ4n) is 4.95. The quantitative estimate of drug-likeness (QED) is 0.264. The minimum Gasteiger partial charge on any atom is -0.381 e. The third-order valence-corrected chi connectivity index (χ3v) is 11.1. The van der Waals surface area contributed by atoms with Gasteiger partial charge in [-0.2, -0.15) is 0 Å². The van der Waals surface area contributed by atoms with E-state index >= 15 is 4.39 Å². The molecule has 0 spiro atoms. The van der Waals surface area contributed by atoms with Crippen LogP contribution in [0.5, 0.6) is 0 Å². The van der Waals surface area contributed by atoms with Gasteiger partial charge in [0, 0.05) is 38.5 Å². The normalized spacial score (nSPS) is 19.3. The largest absolute Gasteiger partial charge is 0.381 e. The Morgan fingerprint density at radius 3 is 2.59 bits per heavy atom. The average Bonchev–Trinajstić information content (AvgIpc) is 3.72. The number of fused-ring (bicyclic) bond motifs is 1. The van der Waals surface area contributed by atoms with Gasteiger partial charge in [-0.15, -0.1) is 11.3 Å². The summed E-state index contributed by atoms with van der Waals surface area (Å²) in [5, 5.41) is 0.337. The van der Waals surface area contributed by atoms with Gasteiger partial charge in [-0.1, -0.05) is 36.7 Å². The zero-order valence-corrected chi connectivity index (χ0v) is 25.2. The number of hydrogen-bond acceptors (Lipinski definition) is 8. The first kappa shape index (κ1) is 28.4. The van der Waals surface area contributed by atoms with Crippen LogP contribution in [0.2, 0.25) is 5.02 Å². The van der Waals surface area contributed by atoms with Crippen molar-refractivity contribution in [3.05, 3.63) is 75.6 Å². The zero-order chi connectivity index (χ0) is 29.2. The summed E-state index contributed by atoms with van der Waals surface area (Å²) in [6.45, 7) is 6.90. The molecule has 8 nitrogen and oxygen atoms in total. The van der Waals surface area contributed by atoms with Crippen LogP contribution in [0, 0.1) is 5.82 Å². The fourth-order valence-corrected chi connectivity index (χ4v) is 8.04. The van der Waals surface area contributed by atoms with Gasteiger partial charge < -0.3 is 15.2 Å². The van der Waals surface area contributed by atoms with Gasteiger partial charge in [0.05, 0.1) is 35.2 Å². The molecule has 1 aromatic carbocycles. The Bertz CT molecular complexity index is 1750. The molecule has 3 N–H and O–H groups in total. The number of benzene rings is 1. The maximum atomic E-state index is 15.4. The molecule has 12 heteroatoms. The molecule has 2 fully saturated rings. The van der Waals surface area contributed by atoms with Crippen molar-refractivity contribution < 1.29 is 22.3 Å². The maximum Gasteiger partial charge on any atom is 0.215 e. The van der Waals surface area contributed by atoms with Crippen LogP contribution in [0.4, 0.5) is 10.2 Å². The Labute approximate surface area is 247 Å². The third kappa shape index (κ3) is 5.47. The summed E-state index contributed by atoms with van der Waals surface area (Å²) in [6.07, 6.45) is 4.12. The van der Waals surface area contributed by atoms with Crippen LogP contribution in [0.25, 0.3) is 21.3 Å². The van der Waals surface area contributed by atoms with Gasteiger partial charge in [0.25, 0.3) is 0 Å². The molecule has 6 rings (SSSR count). The number of pyridine rings is 2. The number of nitrogen functional groups attached to an aromatic ring is 1. The number of nitrogens with one attached hydrogen (secondary N) is 1. The molecular weight excluding hydrogens is 587 g/mol. The minimum atomic E-state index is -3.73. The lowest BCUT2D eigenvalue weighted by Gasteiger charge is -2.41. The van der Waals surface area contributed by atoms with E-state index in [2.05, 4.69) is 21.6 Å². The lowest BCUT2D eigenvalue weighted by atomic mass is 9.83. The van der Waals surface area contributed by atoms with Crippen molar-refractivity contribution in [1.82, 2.24) is 14.7 Å². The van der Waals surface area contributed by atoms with Crippen molar-refractivity contribution in [3.63, 3.8) is 0 Å². The van der Waals surface area contributed by atoms with Crippen LogP contribution in [0.15, 0.2) is 48.8 Å². The molecule has 1 atom stereocenters. The molecule has 4 heterocycles. The molecule has 0 bridgehead atoms. The number of nitrogens with zero attached hydrogens (tertiary/aromatic N) is 2. The molecule has 2 aliphatic rings. The average molecular weight is 617 g/mol. The van der Waals surface area contributed by atoms with Crippen molar-refractivity contribution >= 4 is 48.9 Å². The van der Waals surface area contributed by atoms with Crippen molar-refractivity contribution in [3.8, 4) is 11.3 Å². The summed E-state index contributed by atoms with van der Waals surface area (Å²) in [5.74, 6) is -1.83. The number of halogens is 2. The van der Waals surface area contributed by atoms with Crippen molar-refractivity contribution in [2.45, 2.75) is 56.1 Å². The molecule has 216 valence electrons. The molecule has 4 aromatic rings. The molecule has 0 amide bonds. The Hall–Kier alpha value is -2.67. The van der Waals surface area contributed by atoms with E-state index in [1.54, 1.807) is 6.20 Å². The molecule has 1 saturated heterocycles. The first-order valence-electron chi connectivity index (χ1n) is 13.2. The highest BCUT2D eigenvalue weighted by Gasteiger charge is 2.40. The zero-order valence-electron chi connectivity index (χ0n) is 22.8. The summed E-state index contributed by atoms with van der Waals surface area (Å²) >= 11 is 7.75. The van der Waals surface area contributed by atoms with E-state index in [0.29, 0.717) is 30.9 Å². The van der Waals surface area contributed by atoms with Gasteiger partial charge >= 0.3 is 0 Å². The van der Waals surface area contributed by atoms with Gasteiger partial charge in [0.15, 0.2) is 17.4 Å². The number of aromatic nitrogens is 2. The standard InChI is InChI=1S/C29H30ClFN4O4S2/c1-28(2)38-14-29(3,15-39-28)17-9-10-33-21(12-17)19-6-4-5-16-11-22(40-26(16)19)25(35-41(36,37)18-7-8-18)23-20(30)13-34-27(32)24(23)31/h4-6,9-13,18,25,35H,7-8,14-15H2,1-3H3,(H2,32,34). The lowest BCUT2D eigenvalue weighted by Crippen LogP contribution is -2.47. The van der Waals surface area contributed by atoms with Crippen LogP contribution in [0.1, 0.15) is 55.7 Å². The molecule has 1 saturated carbocycles. The topological polar surface area (TPSA) is 116 Å². The van der Waals surface area contributed by atoms with Gasteiger partial charge in [0.2, 0.25) is 10.0 Å². The van der Waals surface area contributed by atoms with Crippen LogP contribution >= 0.6 is 22.9 Å². The lowest BCUT2D eigenvalue weighted by molar-refractivity contribution is -0.267. The van der Waals surface area contributed by atoms with Gasteiger partial charge in [-0.25, -0.2) is 22.5 Å². The van der Waals surface area contributed by atoms with Gasteiger partial charge in [-0.3, -0.25) is 4.98 Å². The van der Waals surface area contributed by atoms with E-state index in [1.165, 1.54) is 17.5 Å². The van der Waals surface area contributed by atoms with Gasteiger partial charge in [-0.05, 0) is 55.8 Å². The molecular formula is C29H30ClFN4O4S2. The van der Waals surface area contributed by atoms with Crippen molar-refractivity contribution in [2.75, 3.05) is 18.9 Å². The van der Waals surface area contributed by atoms with E-state index in [4.69, 9.17) is 26.8 Å². The first-order valence-corrected chi connectivity index (χ1v) is 16.0. The molecule has 1 unspecified atom stereocenters. The summed E-state index contributed by atoms with van der Waals surface area (Å²) in [7, 11) is -3.73. The van der Waals surface area contributed by atoms with Crippen LogP contribution in [-0.2, 0) is 24.9 Å². The Balaban J connectivity index is 1.44. The minimum absolute atomic E-state index is 0.0133. The summed E-state index contributed by atoms with van der Waals surface area (Å²) in [5.41, 5.74) is 8.01. The van der Waals surface area contributed by atoms with Gasteiger partial charge in [0.1, 0.15) is 0 Å². The summed E-state index contributed by atoms with van der Waals surface area (Å²) < 4.78 is 57.0. The van der Waals surface area contributed by atoms with Crippen LogP contribution in [0.3, 0.4) is 0 Å². The monoisotopic (exact) mass is 616 g/mol. The number of rotatable bonds is 7. The first-order chi connectivity index (χ1) is 19.4. The Morgan fingerprint density at radius 1 is 1.15 bits per heavy atom. The smallest absolute Gasteiger partial charge is 0.215 e. The predicted molar refractivity (Wildman–Crippen MR) is 159 cm³/mol. The highest BCUT2D eigenvalue weighted by molar-refractivity contribution is 7.90. The SMILES string of the molecule is CC1(C)OCC(C)(c2ccnc(-c3cccc4cc(C(NS(=O)(=O)C5CC5)c5c(Cl)cnc(N)c5F)sc34)c2)CO1. The maximum absolute atomic E-state index is 15.4. The molecule has 3 aromatic heterocycles. The number of hydrogen-bond donors (Lipinski definition) is 2. The third-order valence-electron chi connectivity index (χ3n) is 7.63. The summed E-state index contributed by atoms with van der Waals surface area (Å²) in [4.78, 5) is 9.02. The molecule has 41 heavy (non-hydrogen) atoms. The number of thiophene rings is 1. The number of sulfonamides is 1. The van der Waals surface area contributed by atoms with E-state index in [1.807, 2.05) is 50.2 Å². The molecule has 0 radical (unpaired) electrons. The van der Waals surface area contributed by atoms with Crippen molar-refractivity contribution in [2.24, 2.45) is 0 Å². The molecule has 1 aliphatic carbocycles. The molecule has 1 aliphatic heterocycles. The predicted octanol–water partition coefficient (Wildman–Crippen LogP) is 5.94. The highest BCUT2D eigenvalue weighted by Crippen LogP contribution is 2.43. The van der Waals surface area contributed by atoms with E-state index in [9.17, 15) is 8.42 Å². The Morgan fingerprint density at radius 2 is 1.88 bits per heavy atom. The number of ether oxygens (including phenoxy) is 2. The van der Waals surface area contributed by atoms with Crippen molar-refractivity contribution in [1.29, 1.82) is 0 Å².